The standard InChI is InChI=1S/C32H30ClN3O5/c33-32-34-25-16-17-36(27(25)30(37)35-32)31-29(40-20-24-14-8-3-9-15-24)28(39-19-23-12-6-2-7-13-23)26(41-31)21-38-18-22-10-4-1-5-11-22/h1-17,26,28-29,31H,18-21H2,(H,34,35,37)/t26-,28-,29+,31-/m1/s1. The van der Waals surface area contributed by atoms with E-state index in [1.54, 1.807) is 16.8 Å². The minimum absolute atomic E-state index is 0.0285. The van der Waals surface area contributed by atoms with Gasteiger partial charge >= 0.3 is 0 Å². The predicted molar refractivity (Wildman–Crippen MR) is 155 cm³/mol. The molecule has 3 aromatic carbocycles. The van der Waals surface area contributed by atoms with Gasteiger partial charge in [0.25, 0.3) is 5.56 Å². The summed E-state index contributed by atoms with van der Waals surface area (Å²) in [7, 11) is 0. The lowest BCUT2D eigenvalue weighted by molar-refractivity contribution is -0.0913. The number of aromatic amines is 1. The number of aromatic nitrogens is 3. The number of rotatable bonds is 11. The third kappa shape index (κ3) is 6.43. The summed E-state index contributed by atoms with van der Waals surface area (Å²) < 4.78 is 27.6. The van der Waals surface area contributed by atoms with Gasteiger partial charge in [-0.3, -0.25) is 9.78 Å². The van der Waals surface area contributed by atoms with Crippen LogP contribution in [0.1, 0.15) is 22.9 Å². The molecule has 1 N–H and O–H groups in total. The summed E-state index contributed by atoms with van der Waals surface area (Å²) in [6.07, 6.45) is -0.420. The number of hydrogen-bond acceptors (Lipinski definition) is 6. The quantitative estimate of drug-likeness (QED) is 0.206. The number of fused-ring (bicyclic) bond motifs is 1. The maximum absolute atomic E-state index is 13.0. The summed E-state index contributed by atoms with van der Waals surface area (Å²) in [5.74, 6) is 0. The Morgan fingerprint density at radius 1 is 0.780 bits per heavy atom. The zero-order valence-electron chi connectivity index (χ0n) is 22.3. The Balaban J connectivity index is 1.32. The average molecular weight is 572 g/mol. The van der Waals surface area contributed by atoms with Crippen molar-refractivity contribution in [3.05, 3.63) is 136 Å². The van der Waals surface area contributed by atoms with Crippen LogP contribution in [0.3, 0.4) is 0 Å². The van der Waals surface area contributed by atoms with Crippen molar-refractivity contribution in [2.24, 2.45) is 0 Å². The molecule has 0 spiro atoms. The van der Waals surface area contributed by atoms with Crippen LogP contribution >= 0.6 is 11.6 Å². The van der Waals surface area contributed by atoms with E-state index < -0.39 is 24.5 Å². The lowest BCUT2D eigenvalue weighted by atomic mass is 10.1. The summed E-state index contributed by atoms with van der Waals surface area (Å²) in [6.45, 7) is 1.41. The molecule has 1 fully saturated rings. The number of halogens is 1. The van der Waals surface area contributed by atoms with E-state index >= 15 is 0 Å². The van der Waals surface area contributed by atoms with Crippen molar-refractivity contribution < 1.29 is 18.9 Å². The second kappa shape index (κ2) is 12.8. The molecule has 3 heterocycles. The van der Waals surface area contributed by atoms with Gasteiger partial charge in [0.05, 0.1) is 31.9 Å². The number of benzene rings is 3. The van der Waals surface area contributed by atoms with E-state index in [0.717, 1.165) is 16.7 Å². The smallest absolute Gasteiger partial charge is 0.276 e. The van der Waals surface area contributed by atoms with Crippen LogP contribution in [0.15, 0.2) is 108 Å². The molecule has 0 radical (unpaired) electrons. The molecule has 0 bridgehead atoms. The Morgan fingerprint density at radius 3 is 1.95 bits per heavy atom. The van der Waals surface area contributed by atoms with Gasteiger partial charge in [-0.05, 0) is 34.4 Å². The highest BCUT2D eigenvalue weighted by Gasteiger charge is 2.48. The molecule has 5 aromatic rings. The van der Waals surface area contributed by atoms with Crippen molar-refractivity contribution in [3.63, 3.8) is 0 Å². The van der Waals surface area contributed by atoms with Gasteiger partial charge < -0.3 is 23.5 Å². The number of nitrogens with one attached hydrogen (secondary N) is 1. The van der Waals surface area contributed by atoms with Gasteiger partial charge in [-0.2, -0.15) is 0 Å². The number of ether oxygens (including phenoxy) is 4. The Kier molecular flexibility index (Phi) is 8.55. The SMILES string of the molecule is O=c1[nH]c(Cl)nc2ccn([C@@H]3O[C@H](COCc4ccccc4)[C@@H](OCc4ccccc4)[C@@H]3OCc3ccccc3)c12. The summed E-state index contributed by atoms with van der Waals surface area (Å²) in [6, 6.07) is 31.6. The van der Waals surface area contributed by atoms with E-state index in [1.807, 2.05) is 91.0 Å². The molecule has 8 nitrogen and oxygen atoms in total. The molecule has 41 heavy (non-hydrogen) atoms. The molecule has 0 unspecified atom stereocenters. The molecule has 9 heteroatoms. The fraction of sp³-hybridized carbons (Fsp3) is 0.250. The molecular formula is C32H30ClN3O5. The van der Waals surface area contributed by atoms with Gasteiger partial charge in [0, 0.05) is 6.20 Å². The van der Waals surface area contributed by atoms with E-state index in [0.29, 0.717) is 30.9 Å². The van der Waals surface area contributed by atoms with E-state index in [-0.39, 0.29) is 17.4 Å². The van der Waals surface area contributed by atoms with Gasteiger partial charge in [0.2, 0.25) is 5.28 Å². The van der Waals surface area contributed by atoms with Gasteiger partial charge in [0.1, 0.15) is 23.8 Å². The molecule has 0 aliphatic carbocycles. The topological polar surface area (TPSA) is 87.6 Å². The molecule has 1 aliphatic heterocycles. The van der Waals surface area contributed by atoms with Crippen LogP contribution in [0, 0.1) is 0 Å². The normalized spacial score (nSPS) is 20.5. The van der Waals surface area contributed by atoms with Crippen molar-refractivity contribution in [2.45, 2.75) is 44.4 Å². The van der Waals surface area contributed by atoms with Gasteiger partial charge in [-0.1, -0.05) is 91.0 Å². The summed E-state index contributed by atoms with van der Waals surface area (Å²) in [4.78, 5) is 19.8. The first-order chi connectivity index (χ1) is 20.2. The first-order valence-electron chi connectivity index (χ1n) is 13.5. The third-order valence-electron chi connectivity index (χ3n) is 7.07. The molecule has 0 saturated carbocycles. The molecule has 210 valence electrons. The molecule has 0 amide bonds. The maximum atomic E-state index is 13.0. The van der Waals surface area contributed by atoms with Crippen LogP contribution in [-0.4, -0.2) is 39.5 Å². The highest BCUT2D eigenvalue weighted by atomic mass is 35.5. The zero-order valence-corrected chi connectivity index (χ0v) is 23.0. The summed E-state index contributed by atoms with van der Waals surface area (Å²) in [5, 5.41) is 0.0285. The maximum Gasteiger partial charge on any atom is 0.276 e. The highest BCUT2D eigenvalue weighted by molar-refractivity contribution is 6.28. The predicted octanol–water partition coefficient (Wildman–Crippen LogP) is 5.66. The summed E-state index contributed by atoms with van der Waals surface area (Å²) >= 11 is 6.02. The Hall–Kier alpha value is -3.79. The van der Waals surface area contributed by atoms with Crippen LogP contribution in [0.25, 0.3) is 11.0 Å². The van der Waals surface area contributed by atoms with Crippen molar-refractivity contribution in [3.8, 4) is 0 Å². The Bertz CT molecular complexity index is 1610. The van der Waals surface area contributed by atoms with Crippen molar-refractivity contribution in [2.75, 3.05) is 6.61 Å². The van der Waals surface area contributed by atoms with Crippen LogP contribution in [0.5, 0.6) is 0 Å². The lowest BCUT2D eigenvalue weighted by Crippen LogP contribution is -2.38. The van der Waals surface area contributed by atoms with Crippen molar-refractivity contribution >= 4 is 22.6 Å². The van der Waals surface area contributed by atoms with E-state index in [4.69, 9.17) is 30.5 Å². The fourth-order valence-electron chi connectivity index (χ4n) is 5.10. The number of H-pyrrole nitrogens is 1. The van der Waals surface area contributed by atoms with Gasteiger partial charge in [-0.15, -0.1) is 0 Å². The Labute approximate surface area is 242 Å². The van der Waals surface area contributed by atoms with E-state index in [2.05, 4.69) is 9.97 Å². The van der Waals surface area contributed by atoms with Gasteiger partial charge in [0.15, 0.2) is 6.23 Å². The second-order valence-corrected chi connectivity index (χ2v) is 10.3. The minimum atomic E-state index is -0.675. The van der Waals surface area contributed by atoms with Crippen LogP contribution in [-0.2, 0) is 38.8 Å². The molecule has 1 aliphatic rings. The third-order valence-corrected chi connectivity index (χ3v) is 7.25. The molecule has 6 rings (SSSR count). The first kappa shape index (κ1) is 27.4. The monoisotopic (exact) mass is 571 g/mol. The average Bonchev–Trinajstić information content (AvgIpc) is 3.57. The molecule has 2 aromatic heterocycles. The molecule has 4 atom stereocenters. The Morgan fingerprint density at radius 2 is 1.34 bits per heavy atom. The molecule has 1 saturated heterocycles. The van der Waals surface area contributed by atoms with E-state index in [9.17, 15) is 4.79 Å². The zero-order chi connectivity index (χ0) is 28.0. The fourth-order valence-corrected chi connectivity index (χ4v) is 5.28. The minimum Gasteiger partial charge on any atom is -0.374 e. The van der Waals surface area contributed by atoms with Crippen molar-refractivity contribution in [1.82, 2.24) is 14.5 Å². The van der Waals surface area contributed by atoms with Gasteiger partial charge in [-0.25, -0.2) is 4.98 Å². The number of hydrogen-bond donors (Lipinski definition) is 1. The second-order valence-electron chi connectivity index (χ2n) is 9.90. The first-order valence-corrected chi connectivity index (χ1v) is 13.9. The van der Waals surface area contributed by atoms with Crippen LogP contribution in [0.4, 0.5) is 0 Å². The highest BCUT2D eigenvalue weighted by Crippen LogP contribution is 2.37. The summed E-state index contributed by atoms with van der Waals surface area (Å²) in [5.41, 5.74) is 3.56. The molecular weight excluding hydrogens is 542 g/mol. The van der Waals surface area contributed by atoms with Crippen LogP contribution in [0.2, 0.25) is 5.28 Å². The largest absolute Gasteiger partial charge is 0.374 e. The van der Waals surface area contributed by atoms with Crippen LogP contribution < -0.4 is 5.56 Å². The van der Waals surface area contributed by atoms with E-state index in [1.165, 1.54) is 0 Å². The lowest BCUT2D eigenvalue weighted by Gasteiger charge is -2.26. The number of nitrogens with zero attached hydrogens (tertiary/aromatic N) is 2. The van der Waals surface area contributed by atoms with Crippen molar-refractivity contribution in [1.29, 1.82) is 0 Å².